The monoisotopic (exact) mass is 300 g/mol. The lowest BCUT2D eigenvalue weighted by Gasteiger charge is -2.35. The van der Waals surface area contributed by atoms with E-state index in [2.05, 4.69) is 47.9 Å². The Hall–Kier alpha value is -1.35. The number of nitrogens with zero attached hydrogens (tertiary/aromatic N) is 2. The molecule has 3 rings (SSSR count). The van der Waals surface area contributed by atoms with Gasteiger partial charge in [0.05, 0.1) is 6.04 Å². The number of hydrogen-bond acceptors (Lipinski definition) is 2. The molecule has 1 aromatic rings. The van der Waals surface area contributed by atoms with Gasteiger partial charge in [-0.1, -0.05) is 36.8 Å². The van der Waals surface area contributed by atoms with Crippen molar-refractivity contribution in [3.8, 4) is 0 Å². The Kier molecular flexibility index (Phi) is 4.82. The fraction of sp³-hybridized carbons (Fsp3) is 0.632. The first-order valence-corrected chi connectivity index (χ1v) is 8.72. The summed E-state index contributed by atoms with van der Waals surface area (Å²) in [6.45, 7) is 8.25. The Balaban J connectivity index is 1.66. The van der Waals surface area contributed by atoms with Gasteiger partial charge in [0.1, 0.15) is 0 Å². The summed E-state index contributed by atoms with van der Waals surface area (Å²) in [4.78, 5) is 17.4. The summed E-state index contributed by atoms with van der Waals surface area (Å²) in [5.41, 5.74) is 2.62. The summed E-state index contributed by atoms with van der Waals surface area (Å²) < 4.78 is 0. The highest BCUT2D eigenvalue weighted by Gasteiger charge is 2.34. The number of aryl methyl sites for hydroxylation is 1. The van der Waals surface area contributed by atoms with E-state index in [4.69, 9.17) is 0 Å². The molecule has 0 bridgehead atoms. The van der Waals surface area contributed by atoms with Crippen LogP contribution in [-0.2, 0) is 11.3 Å². The molecule has 0 saturated carbocycles. The van der Waals surface area contributed by atoms with E-state index >= 15 is 0 Å². The molecular weight excluding hydrogens is 272 g/mol. The second kappa shape index (κ2) is 6.82. The van der Waals surface area contributed by atoms with Crippen molar-refractivity contribution in [2.75, 3.05) is 19.6 Å². The SMILES string of the molecule is Cc1cccc(CN2CCCC2C(=O)N2CCCC(C)C2)c1. The third-order valence-corrected chi connectivity index (χ3v) is 5.09. The van der Waals surface area contributed by atoms with Crippen molar-refractivity contribution in [2.24, 2.45) is 5.92 Å². The predicted molar refractivity (Wildman–Crippen MR) is 89.6 cm³/mol. The van der Waals surface area contributed by atoms with E-state index in [0.717, 1.165) is 45.4 Å². The Morgan fingerprint density at radius 2 is 2.05 bits per heavy atom. The van der Waals surface area contributed by atoms with Gasteiger partial charge >= 0.3 is 0 Å². The van der Waals surface area contributed by atoms with Crippen molar-refractivity contribution in [1.82, 2.24) is 9.80 Å². The Morgan fingerprint density at radius 3 is 2.82 bits per heavy atom. The first kappa shape index (κ1) is 15.5. The molecule has 0 N–H and O–H groups in total. The highest BCUT2D eigenvalue weighted by Crippen LogP contribution is 2.24. The van der Waals surface area contributed by atoms with Gasteiger partial charge in [-0.3, -0.25) is 9.69 Å². The molecule has 0 aromatic heterocycles. The maximum atomic E-state index is 12.9. The molecule has 2 heterocycles. The lowest BCUT2D eigenvalue weighted by atomic mass is 9.99. The highest BCUT2D eigenvalue weighted by molar-refractivity contribution is 5.82. The quantitative estimate of drug-likeness (QED) is 0.856. The topological polar surface area (TPSA) is 23.6 Å². The normalized spacial score (nSPS) is 26.4. The van der Waals surface area contributed by atoms with Crippen LogP contribution < -0.4 is 0 Å². The lowest BCUT2D eigenvalue weighted by Crippen LogP contribution is -2.48. The van der Waals surface area contributed by atoms with Crippen molar-refractivity contribution >= 4 is 5.91 Å². The van der Waals surface area contributed by atoms with Gasteiger partial charge in [-0.2, -0.15) is 0 Å². The third kappa shape index (κ3) is 3.52. The average molecular weight is 300 g/mol. The number of likely N-dealkylation sites (tertiary alicyclic amines) is 2. The zero-order valence-corrected chi connectivity index (χ0v) is 13.9. The van der Waals surface area contributed by atoms with Gasteiger partial charge in [0.2, 0.25) is 5.91 Å². The van der Waals surface area contributed by atoms with Crippen molar-refractivity contribution < 1.29 is 4.79 Å². The van der Waals surface area contributed by atoms with E-state index in [9.17, 15) is 4.79 Å². The standard InChI is InChI=1S/C19H28N2O/c1-15-6-3-8-17(12-15)14-20-10-5-9-18(20)19(22)21-11-4-7-16(2)13-21/h3,6,8,12,16,18H,4-5,7,9-11,13-14H2,1-2H3. The van der Waals surface area contributed by atoms with Gasteiger partial charge in [0, 0.05) is 19.6 Å². The summed E-state index contributed by atoms with van der Waals surface area (Å²) in [5.74, 6) is 1.03. The van der Waals surface area contributed by atoms with Crippen LogP contribution in [0, 0.1) is 12.8 Å². The van der Waals surface area contributed by atoms with Crippen molar-refractivity contribution in [1.29, 1.82) is 0 Å². The maximum Gasteiger partial charge on any atom is 0.239 e. The zero-order valence-electron chi connectivity index (χ0n) is 13.9. The Bertz CT molecular complexity index is 528. The van der Waals surface area contributed by atoms with Crippen LogP contribution >= 0.6 is 0 Å². The molecule has 22 heavy (non-hydrogen) atoms. The minimum Gasteiger partial charge on any atom is -0.341 e. The van der Waals surface area contributed by atoms with Crippen LogP contribution in [0.5, 0.6) is 0 Å². The Morgan fingerprint density at radius 1 is 1.23 bits per heavy atom. The average Bonchev–Trinajstić information content (AvgIpc) is 2.94. The summed E-state index contributed by atoms with van der Waals surface area (Å²) in [5, 5.41) is 0. The first-order chi connectivity index (χ1) is 10.6. The van der Waals surface area contributed by atoms with Crippen molar-refractivity contribution in [3.63, 3.8) is 0 Å². The third-order valence-electron chi connectivity index (χ3n) is 5.09. The van der Waals surface area contributed by atoms with Gasteiger partial charge in [-0.05, 0) is 50.6 Å². The van der Waals surface area contributed by atoms with Crippen LogP contribution in [0.4, 0.5) is 0 Å². The van der Waals surface area contributed by atoms with E-state index in [-0.39, 0.29) is 6.04 Å². The number of carbonyl (C=O) groups excluding carboxylic acids is 1. The minimum absolute atomic E-state index is 0.103. The summed E-state index contributed by atoms with van der Waals surface area (Å²) in [7, 11) is 0. The lowest BCUT2D eigenvalue weighted by molar-refractivity contribution is -0.137. The first-order valence-electron chi connectivity index (χ1n) is 8.72. The summed E-state index contributed by atoms with van der Waals surface area (Å²) in [6, 6.07) is 8.76. The molecule has 1 aromatic carbocycles. The van der Waals surface area contributed by atoms with E-state index in [1.807, 2.05) is 0 Å². The van der Waals surface area contributed by atoms with Gasteiger partial charge in [0.15, 0.2) is 0 Å². The number of benzene rings is 1. The van der Waals surface area contributed by atoms with E-state index < -0.39 is 0 Å². The Labute approximate surface area is 134 Å². The molecule has 2 saturated heterocycles. The van der Waals surface area contributed by atoms with Gasteiger partial charge < -0.3 is 4.90 Å². The fourth-order valence-electron chi connectivity index (χ4n) is 3.94. The number of carbonyl (C=O) groups is 1. The fourth-order valence-corrected chi connectivity index (χ4v) is 3.94. The summed E-state index contributed by atoms with van der Waals surface area (Å²) >= 11 is 0. The summed E-state index contributed by atoms with van der Waals surface area (Å²) in [6.07, 6.45) is 4.60. The molecule has 0 aliphatic carbocycles. The largest absolute Gasteiger partial charge is 0.341 e. The molecule has 2 fully saturated rings. The molecule has 2 aliphatic heterocycles. The predicted octanol–water partition coefficient (Wildman–Crippen LogP) is 3.22. The molecule has 0 radical (unpaired) electrons. The molecule has 2 atom stereocenters. The smallest absolute Gasteiger partial charge is 0.239 e. The van der Waals surface area contributed by atoms with Gasteiger partial charge in [-0.15, -0.1) is 0 Å². The minimum atomic E-state index is 0.103. The van der Waals surface area contributed by atoms with Crippen LogP contribution in [0.3, 0.4) is 0 Å². The number of hydrogen-bond donors (Lipinski definition) is 0. The number of rotatable bonds is 3. The molecule has 2 aliphatic rings. The van der Waals surface area contributed by atoms with Crippen LogP contribution in [0.2, 0.25) is 0 Å². The molecule has 120 valence electrons. The molecule has 1 amide bonds. The number of piperidine rings is 1. The van der Waals surface area contributed by atoms with Crippen molar-refractivity contribution in [2.45, 2.75) is 52.1 Å². The number of amides is 1. The second-order valence-electron chi connectivity index (χ2n) is 7.15. The zero-order chi connectivity index (χ0) is 15.5. The molecule has 3 heteroatoms. The van der Waals surface area contributed by atoms with Crippen LogP contribution in [-0.4, -0.2) is 41.4 Å². The van der Waals surface area contributed by atoms with Crippen LogP contribution in [0.1, 0.15) is 43.7 Å². The van der Waals surface area contributed by atoms with E-state index in [0.29, 0.717) is 11.8 Å². The molecule has 2 unspecified atom stereocenters. The maximum absolute atomic E-state index is 12.9. The van der Waals surface area contributed by atoms with E-state index in [1.165, 1.54) is 17.5 Å². The van der Waals surface area contributed by atoms with Crippen LogP contribution in [0.15, 0.2) is 24.3 Å². The van der Waals surface area contributed by atoms with E-state index in [1.54, 1.807) is 0 Å². The molecule has 3 nitrogen and oxygen atoms in total. The van der Waals surface area contributed by atoms with Gasteiger partial charge in [0.25, 0.3) is 0 Å². The molecular formula is C19H28N2O. The van der Waals surface area contributed by atoms with Gasteiger partial charge in [-0.25, -0.2) is 0 Å². The highest BCUT2D eigenvalue weighted by atomic mass is 16.2. The molecule has 0 spiro atoms. The van der Waals surface area contributed by atoms with Crippen molar-refractivity contribution in [3.05, 3.63) is 35.4 Å². The van der Waals surface area contributed by atoms with Crippen LogP contribution in [0.25, 0.3) is 0 Å². The second-order valence-corrected chi connectivity index (χ2v) is 7.15.